The Hall–Kier alpha value is -1.75. The molecular formula is C16H25N3O2. The van der Waals surface area contributed by atoms with E-state index in [1.54, 1.807) is 7.11 Å². The summed E-state index contributed by atoms with van der Waals surface area (Å²) in [6.45, 7) is 7.09. The van der Waals surface area contributed by atoms with Crippen LogP contribution in [0.4, 0.5) is 5.69 Å². The Morgan fingerprint density at radius 3 is 2.43 bits per heavy atom. The highest BCUT2D eigenvalue weighted by atomic mass is 16.5. The van der Waals surface area contributed by atoms with Crippen molar-refractivity contribution < 1.29 is 9.53 Å². The predicted octanol–water partition coefficient (Wildman–Crippen LogP) is 1.34. The first-order valence-corrected chi connectivity index (χ1v) is 7.61. The standard InChI is InChI=1S/C16H25N3O2/c1-3-8-17-16(20)13-18-9-11-19(12-10-18)14-4-6-15(21-2)7-5-14/h4-7H,3,8-13H2,1-2H3,(H,17,20). The van der Waals surface area contributed by atoms with Crippen molar-refractivity contribution >= 4 is 11.6 Å². The third-order valence-electron chi connectivity index (χ3n) is 3.75. The number of nitrogens with zero attached hydrogens (tertiary/aromatic N) is 2. The second kappa shape index (κ2) is 7.88. The molecule has 0 aliphatic carbocycles. The van der Waals surface area contributed by atoms with Crippen molar-refractivity contribution in [2.24, 2.45) is 0 Å². The molecule has 1 aromatic rings. The molecule has 0 atom stereocenters. The van der Waals surface area contributed by atoms with Crippen LogP contribution in [0.2, 0.25) is 0 Å². The number of anilines is 1. The highest BCUT2D eigenvalue weighted by Crippen LogP contribution is 2.20. The molecule has 2 rings (SSSR count). The Balaban J connectivity index is 1.78. The maximum absolute atomic E-state index is 11.7. The number of hydrogen-bond donors (Lipinski definition) is 1. The van der Waals surface area contributed by atoms with Gasteiger partial charge in [-0.2, -0.15) is 0 Å². The van der Waals surface area contributed by atoms with Crippen molar-refractivity contribution in [1.82, 2.24) is 10.2 Å². The van der Waals surface area contributed by atoms with Gasteiger partial charge in [-0.3, -0.25) is 9.69 Å². The highest BCUT2D eigenvalue weighted by molar-refractivity contribution is 5.78. The van der Waals surface area contributed by atoms with Gasteiger partial charge in [-0.1, -0.05) is 6.92 Å². The second-order valence-corrected chi connectivity index (χ2v) is 5.31. The quantitative estimate of drug-likeness (QED) is 0.859. The summed E-state index contributed by atoms with van der Waals surface area (Å²) in [6.07, 6.45) is 0.983. The van der Waals surface area contributed by atoms with Crippen molar-refractivity contribution in [2.45, 2.75) is 13.3 Å². The van der Waals surface area contributed by atoms with Crippen molar-refractivity contribution in [3.05, 3.63) is 24.3 Å². The molecular weight excluding hydrogens is 266 g/mol. The molecule has 0 spiro atoms. The Kier molecular flexibility index (Phi) is 5.87. The summed E-state index contributed by atoms with van der Waals surface area (Å²) >= 11 is 0. The van der Waals surface area contributed by atoms with Gasteiger partial charge in [0.25, 0.3) is 0 Å². The van der Waals surface area contributed by atoms with Gasteiger partial charge in [-0.15, -0.1) is 0 Å². The molecule has 1 aliphatic heterocycles. The lowest BCUT2D eigenvalue weighted by Crippen LogP contribution is -2.49. The van der Waals surface area contributed by atoms with Crippen molar-refractivity contribution in [3.8, 4) is 5.75 Å². The molecule has 1 amide bonds. The van der Waals surface area contributed by atoms with Crippen LogP contribution in [0, 0.1) is 0 Å². The fourth-order valence-corrected chi connectivity index (χ4v) is 2.48. The van der Waals surface area contributed by atoms with E-state index in [1.807, 2.05) is 12.1 Å². The van der Waals surface area contributed by atoms with Gasteiger partial charge in [0.15, 0.2) is 0 Å². The van der Waals surface area contributed by atoms with E-state index >= 15 is 0 Å². The molecule has 1 N–H and O–H groups in total. The smallest absolute Gasteiger partial charge is 0.234 e. The van der Waals surface area contributed by atoms with Crippen LogP contribution < -0.4 is 15.0 Å². The maximum atomic E-state index is 11.7. The third kappa shape index (κ3) is 4.63. The van der Waals surface area contributed by atoms with Crippen LogP contribution in [0.15, 0.2) is 24.3 Å². The Labute approximate surface area is 126 Å². The van der Waals surface area contributed by atoms with E-state index < -0.39 is 0 Å². The van der Waals surface area contributed by atoms with Gasteiger partial charge in [0, 0.05) is 38.4 Å². The lowest BCUT2D eigenvalue weighted by atomic mass is 10.2. The van der Waals surface area contributed by atoms with Crippen LogP contribution in [0.1, 0.15) is 13.3 Å². The number of piperazine rings is 1. The summed E-state index contributed by atoms with van der Waals surface area (Å²) in [6, 6.07) is 8.14. The van der Waals surface area contributed by atoms with Crippen LogP contribution in [0.3, 0.4) is 0 Å². The predicted molar refractivity (Wildman–Crippen MR) is 84.9 cm³/mol. The maximum Gasteiger partial charge on any atom is 0.234 e. The minimum Gasteiger partial charge on any atom is -0.497 e. The average molecular weight is 291 g/mol. The number of hydrogen-bond acceptors (Lipinski definition) is 4. The van der Waals surface area contributed by atoms with Gasteiger partial charge < -0.3 is 15.0 Å². The zero-order valence-corrected chi connectivity index (χ0v) is 13.0. The summed E-state index contributed by atoms with van der Waals surface area (Å²) in [5.74, 6) is 1.01. The number of amides is 1. The number of benzene rings is 1. The SMILES string of the molecule is CCCNC(=O)CN1CCN(c2ccc(OC)cc2)CC1. The minimum absolute atomic E-state index is 0.134. The Morgan fingerprint density at radius 2 is 1.86 bits per heavy atom. The van der Waals surface area contributed by atoms with Crippen molar-refractivity contribution in [3.63, 3.8) is 0 Å². The number of ether oxygens (including phenoxy) is 1. The lowest BCUT2D eigenvalue weighted by molar-refractivity contribution is -0.122. The van der Waals surface area contributed by atoms with Gasteiger partial charge in [0.2, 0.25) is 5.91 Å². The second-order valence-electron chi connectivity index (χ2n) is 5.31. The first-order valence-electron chi connectivity index (χ1n) is 7.61. The van der Waals surface area contributed by atoms with Crippen LogP contribution in [0.25, 0.3) is 0 Å². The first-order chi connectivity index (χ1) is 10.2. The van der Waals surface area contributed by atoms with Crippen molar-refractivity contribution in [1.29, 1.82) is 0 Å². The zero-order valence-electron chi connectivity index (χ0n) is 13.0. The lowest BCUT2D eigenvalue weighted by Gasteiger charge is -2.35. The number of nitrogens with one attached hydrogen (secondary N) is 1. The third-order valence-corrected chi connectivity index (χ3v) is 3.75. The molecule has 5 heteroatoms. The monoisotopic (exact) mass is 291 g/mol. The normalized spacial score (nSPS) is 15.8. The van der Waals surface area contributed by atoms with E-state index in [2.05, 4.69) is 34.2 Å². The molecule has 21 heavy (non-hydrogen) atoms. The van der Waals surface area contributed by atoms with E-state index in [9.17, 15) is 4.79 Å². The molecule has 1 aromatic carbocycles. The van der Waals surface area contributed by atoms with E-state index in [0.717, 1.165) is 44.9 Å². The molecule has 0 aromatic heterocycles. The molecule has 0 saturated carbocycles. The van der Waals surface area contributed by atoms with Crippen LogP contribution in [-0.2, 0) is 4.79 Å². The largest absolute Gasteiger partial charge is 0.497 e. The van der Waals surface area contributed by atoms with Gasteiger partial charge in [-0.05, 0) is 30.7 Å². The zero-order chi connectivity index (χ0) is 15.1. The minimum atomic E-state index is 0.134. The van der Waals surface area contributed by atoms with E-state index in [4.69, 9.17) is 4.74 Å². The van der Waals surface area contributed by atoms with Gasteiger partial charge in [0.05, 0.1) is 13.7 Å². The van der Waals surface area contributed by atoms with Gasteiger partial charge >= 0.3 is 0 Å². The molecule has 5 nitrogen and oxygen atoms in total. The summed E-state index contributed by atoms with van der Waals surface area (Å²) in [5.41, 5.74) is 1.21. The topological polar surface area (TPSA) is 44.8 Å². The van der Waals surface area contributed by atoms with E-state index in [-0.39, 0.29) is 5.91 Å². The Morgan fingerprint density at radius 1 is 1.19 bits per heavy atom. The average Bonchev–Trinajstić information content (AvgIpc) is 2.54. The van der Waals surface area contributed by atoms with E-state index in [1.165, 1.54) is 5.69 Å². The molecule has 1 fully saturated rings. The molecule has 116 valence electrons. The number of carbonyl (C=O) groups excluding carboxylic acids is 1. The summed E-state index contributed by atoms with van der Waals surface area (Å²) in [5, 5.41) is 2.93. The molecule has 1 heterocycles. The molecule has 0 bridgehead atoms. The Bertz CT molecular complexity index is 439. The van der Waals surface area contributed by atoms with Crippen LogP contribution in [0.5, 0.6) is 5.75 Å². The van der Waals surface area contributed by atoms with Gasteiger partial charge in [0.1, 0.15) is 5.75 Å². The fourth-order valence-electron chi connectivity index (χ4n) is 2.48. The summed E-state index contributed by atoms with van der Waals surface area (Å²) in [7, 11) is 1.68. The highest BCUT2D eigenvalue weighted by Gasteiger charge is 2.18. The number of carbonyl (C=O) groups is 1. The molecule has 1 aliphatic rings. The molecule has 1 saturated heterocycles. The van der Waals surface area contributed by atoms with Crippen LogP contribution >= 0.6 is 0 Å². The fraction of sp³-hybridized carbons (Fsp3) is 0.562. The van der Waals surface area contributed by atoms with E-state index in [0.29, 0.717) is 6.54 Å². The number of methoxy groups -OCH3 is 1. The van der Waals surface area contributed by atoms with Crippen molar-refractivity contribution in [2.75, 3.05) is 51.3 Å². The van der Waals surface area contributed by atoms with Gasteiger partial charge in [-0.25, -0.2) is 0 Å². The first kappa shape index (κ1) is 15.6. The number of rotatable bonds is 6. The molecule has 0 radical (unpaired) electrons. The summed E-state index contributed by atoms with van der Waals surface area (Å²) in [4.78, 5) is 16.3. The molecule has 0 unspecified atom stereocenters. The van der Waals surface area contributed by atoms with Crippen LogP contribution in [-0.4, -0.2) is 57.2 Å². The summed E-state index contributed by atoms with van der Waals surface area (Å²) < 4.78 is 5.18.